The maximum atomic E-state index is 5.36. The summed E-state index contributed by atoms with van der Waals surface area (Å²) in [5.41, 5.74) is 0. The molecule has 0 fully saturated rings. The minimum atomic E-state index is 0.677. The number of pyridine rings is 1. The molecule has 0 saturated heterocycles. The summed E-state index contributed by atoms with van der Waals surface area (Å²) >= 11 is 2.22. The molecule has 0 N–H and O–H groups in total. The van der Waals surface area contributed by atoms with Crippen molar-refractivity contribution in [3.8, 4) is 17.3 Å². The molecule has 6 heteroatoms. The van der Waals surface area contributed by atoms with Gasteiger partial charge in [-0.1, -0.05) is 0 Å². The number of benzene rings is 1. The van der Waals surface area contributed by atoms with Crippen molar-refractivity contribution in [2.75, 3.05) is 14.2 Å². The van der Waals surface area contributed by atoms with Crippen LogP contribution in [0, 0.1) is 3.57 Å². The fourth-order valence-corrected chi connectivity index (χ4v) is 2.47. The van der Waals surface area contributed by atoms with Gasteiger partial charge >= 0.3 is 0 Å². The number of hydrogen-bond acceptors (Lipinski definition) is 4. The standard InChI is InChI=1S/C14H12IN3O2/c1-19-12-5-9-3-4-16-14(11(9)6-13(12)20-2)18-8-10(15)7-17-18/h3-8H,1-2H3. The fourth-order valence-electron chi connectivity index (χ4n) is 2.08. The molecule has 0 radical (unpaired) electrons. The summed E-state index contributed by atoms with van der Waals surface area (Å²) in [6.45, 7) is 0. The van der Waals surface area contributed by atoms with Gasteiger partial charge in [0.05, 0.1) is 24.0 Å². The van der Waals surface area contributed by atoms with Crippen molar-refractivity contribution in [1.29, 1.82) is 0 Å². The maximum Gasteiger partial charge on any atom is 0.161 e. The van der Waals surface area contributed by atoms with Crippen molar-refractivity contribution in [2.24, 2.45) is 0 Å². The highest BCUT2D eigenvalue weighted by molar-refractivity contribution is 14.1. The van der Waals surface area contributed by atoms with Crippen molar-refractivity contribution in [1.82, 2.24) is 14.8 Å². The molecular weight excluding hydrogens is 369 g/mol. The summed E-state index contributed by atoms with van der Waals surface area (Å²) in [5.74, 6) is 2.15. The van der Waals surface area contributed by atoms with Crippen LogP contribution in [0.2, 0.25) is 0 Å². The molecular formula is C14H12IN3O2. The van der Waals surface area contributed by atoms with Crippen molar-refractivity contribution < 1.29 is 9.47 Å². The summed E-state index contributed by atoms with van der Waals surface area (Å²) in [7, 11) is 3.25. The van der Waals surface area contributed by atoms with Gasteiger partial charge in [-0.2, -0.15) is 5.10 Å². The van der Waals surface area contributed by atoms with Gasteiger partial charge in [0.1, 0.15) is 0 Å². The minimum Gasteiger partial charge on any atom is -0.493 e. The number of ether oxygens (including phenoxy) is 2. The number of nitrogens with zero attached hydrogens (tertiary/aromatic N) is 3. The van der Waals surface area contributed by atoms with E-state index < -0.39 is 0 Å². The Balaban J connectivity index is 2.28. The summed E-state index contributed by atoms with van der Waals surface area (Å²) in [4.78, 5) is 4.42. The zero-order valence-electron chi connectivity index (χ0n) is 11.0. The van der Waals surface area contributed by atoms with Crippen LogP contribution < -0.4 is 9.47 Å². The second-order valence-electron chi connectivity index (χ2n) is 4.17. The lowest BCUT2D eigenvalue weighted by Gasteiger charge is -2.11. The first-order valence-corrected chi connectivity index (χ1v) is 7.02. The monoisotopic (exact) mass is 381 g/mol. The highest BCUT2D eigenvalue weighted by Gasteiger charge is 2.11. The highest BCUT2D eigenvalue weighted by atomic mass is 127. The Morgan fingerprint density at radius 2 is 1.90 bits per heavy atom. The van der Waals surface area contributed by atoms with E-state index in [1.165, 1.54) is 0 Å². The number of fused-ring (bicyclic) bond motifs is 1. The Labute approximate surface area is 129 Å². The van der Waals surface area contributed by atoms with Crippen molar-refractivity contribution in [2.45, 2.75) is 0 Å². The van der Waals surface area contributed by atoms with Gasteiger partial charge in [-0.25, -0.2) is 9.67 Å². The molecule has 20 heavy (non-hydrogen) atoms. The predicted molar refractivity (Wildman–Crippen MR) is 84.7 cm³/mol. The molecule has 2 aromatic heterocycles. The molecule has 3 rings (SSSR count). The molecule has 0 atom stereocenters. The van der Waals surface area contributed by atoms with Gasteiger partial charge in [-0.15, -0.1) is 0 Å². The van der Waals surface area contributed by atoms with Crippen LogP contribution >= 0.6 is 22.6 Å². The van der Waals surface area contributed by atoms with Gasteiger partial charge < -0.3 is 9.47 Å². The van der Waals surface area contributed by atoms with Gasteiger partial charge in [0.25, 0.3) is 0 Å². The zero-order valence-corrected chi connectivity index (χ0v) is 13.2. The van der Waals surface area contributed by atoms with Crippen LogP contribution in [0.15, 0.2) is 36.8 Å². The van der Waals surface area contributed by atoms with E-state index in [-0.39, 0.29) is 0 Å². The number of methoxy groups -OCH3 is 2. The van der Waals surface area contributed by atoms with Crippen LogP contribution in [0.1, 0.15) is 0 Å². The van der Waals surface area contributed by atoms with Gasteiger partial charge in [0.2, 0.25) is 0 Å². The van der Waals surface area contributed by atoms with Gasteiger partial charge in [-0.3, -0.25) is 0 Å². The fraction of sp³-hybridized carbons (Fsp3) is 0.143. The third-order valence-electron chi connectivity index (χ3n) is 3.02. The molecule has 0 saturated carbocycles. The van der Waals surface area contributed by atoms with Gasteiger partial charge in [-0.05, 0) is 46.2 Å². The van der Waals surface area contributed by atoms with Crippen LogP contribution in [0.4, 0.5) is 0 Å². The lowest BCUT2D eigenvalue weighted by Crippen LogP contribution is -1.99. The smallest absolute Gasteiger partial charge is 0.161 e. The molecule has 1 aromatic carbocycles. The SMILES string of the molecule is COc1cc2ccnc(-n3cc(I)cn3)c2cc1OC. The first-order chi connectivity index (χ1) is 9.72. The summed E-state index contributed by atoms with van der Waals surface area (Å²) in [5, 5.41) is 6.30. The van der Waals surface area contributed by atoms with Crippen molar-refractivity contribution in [3.63, 3.8) is 0 Å². The molecule has 0 bridgehead atoms. The van der Waals surface area contributed by atoms with Crippen molar-refractivity contribution >= 4 is 33.4 Å². The van der Waals surface area contributed by atoms with E-state index in [1.807, 2.05) is 24.4 Å². The minimum absolute atomic E-state index is 0.677. The van der Waals surface area contributed by atoms with Crippen LogP contribution in [0.3, 0.4) is 0 Å². The van der Waals surface area contributed by atoms with E-state index in [9.17, 15) is 0 Å². The number of aromatic nitrogens is 3. The number of rotatable bonds is 3. The predicted octanol–water partition coefficient (Wildman–Crippen LogP) is 3.04. The Morgan fingerprint density at radius 1 is 1.15 bits per heavy atom. The van der Waals surface area contributed by atoms with E-state index in [0.29, 0.717) is 11.5 Å². The molecule has 0 spiro atoms. The molecule has 0 aliphatic carbocycles. The molecule has 102 valence electrons. The van der Waals surface area contributed by atoms with Gasteiger partial charge in [0, 0.05) is 17.8 Å². The van der Waals surface area contributed by atoms with E-state index in [0.717, 1.165) is 20.2 Å². The third kappa shape index (κ3) is 2.20. The Kier molecular flexibility index (Phi) is 3.47. The van der Waals surface area contributed by atoms with Crippen LogP contribution in [0.25, 0.3) is 16.6 Å². The molecule has 0 amide bonds. The summed E-state index contributed by atoms with van der Waals surface area (Å²) in [6.07, 6.45) is 5.49. The second kappa shape index (κ2) is 5.28. The number of halogens is 1. The molecule has 3 aromatic rings. The third-order valence-corrected chi connectivity index (χ3v) is 3.57. The Morgan fingerprint density at radius 3 is 2.55 bits per heavy atom. The quantitative estimate of drug-likeness (QED) is 0.655. The molecule has 0 aliphatic heterocycles. The average Bonchev–Trinajstić information content (AvgIpc) is 2.91. The summed E-state index contributed by atoms with van der Waals surface area (Å²) < 4.78 is 13.5. The van der Waals surface area contributed by atoms with Crippen LogP contribution in [0.5, 0.6) is 11.5 Å². The largest absolute Gasteiger partial charge is 0.493 e. The van der Waals surface area contributed by atoms with E-state index >= 15 is 0 Å². The zero-order chi connectivity index (χ0) is 14.1. The molecule has 0 unspecified atom stereocenters. The first kappa shape index (κ1) is 13.2. The normalized spacial score (nSPS) is 10.8. The van der Waals surface area contributed by atoms with E-state index in [4.69, 9.17) is 9.47 Å². The first-order valence-electron chi connectivity index (χ1n) is 5.94. The molecule has 0 aliphatic rings. The molecule has 2 heterocycles. The lowest BCUT2D eigenvalue weighted by atomic mass is 10.1. The maximum absolute atomic E-state index is 5.36. The van der Waals surface area contributed by atoms with E-state index in [2.05, 4.69) is 32.7 Å². The van der Waals surface area contributed by atoms with Crippen LogP contribution in [-0.4, -0.2) is 29.0 Å². The number of hydrogen-bond donors (Lipinski definition) is 0. The van der Waals surface area contributed by atoms with Gasteiger partial charge in [0.15, 0.2) is 17.3 Å². The summed E-state index contributed by atoms with van der Waals surface area (Å²) in [6, 6.07) is 5.80. The highest BCUT2D eigenvalue weighted by Crippen LogP contribution is 2.33. The van der Waals surface area contributed by atoms with E-state index in [1.54, 1.807) is 31.3 Å². The second-order valence-corrected chi connectivity index (χ2v) is 5.41. The Hall–Kier alpha value is -1.83. The van der Waals surface area contributed by atoms with Crippen LogP contribution in [-0.2, 0) is 0 Å². The average molecular weight is 381 g/mol. The van der Waals surface area contributed by atoms with Crippen molar-refractivity contribution in [3.05, 3.63) is 40.4 Å². The lowest BCUT2D eigenvalue weighted by molar-refractivity contribution is 0.356. The topological polar surface area (TPSA) is 49.2 Å². The molecule has 5 nitrogen and oxygen atoms in total. The Bertz CT molecular complexity index is 770.